The smallest absolute Gasteiger partial charge is 0.224 e. The van der Waals surface area contributed by atoms with Crippen LogP contribution in [-0.2, 0) is 4.79 Å². The molecule has 1 N–H and O–H groups in total. The normalized spacial score (nSPS) is 10.4. The molecule has 0 aliphatic heterocycles. The predicted molar refractivity (Wildman–Crippen MR) is 70.6 cm³/mol. The molecule has 0 atom stereocenters. The first-order valence-electron chi connectivity index (χ1n) is 5.18. The number of hydrogen-bond acceptors (Lipinski definition) is 1. The third-order valence-corrected chi connectivity index (χ3v) is 2.90. The van der Waals surface area contributed by atoms with E-state index in [2.05, 4.69) is 27.3 Å². The molecule has 2 aromatic carbocycles. The Kier molecular flexibility index (Phi) is 3.25. The Morgan fingerprint density at radius 2 is 1.88 bits per heavy atom. The first kappa shape index (κ1) is 11.1. The van der Waals surface area contributed by atoms with Gasteiger partial charge in [0.2, 0.25) is 5.91 Å². The average molecular weight is 278 g/mol. The van der Waals surface area contributed by atoms with E-state index in [0.717, 1.165) is 20.9 Å². The summed E-state index contributed by atoms with van der Waals surface area (Å²) in [4.78, 5) is 11.3. The van der Waals surface area contributed by atoms with E-state index in [4.69, 9.17) is 0 Å². The zero-order valence-corrected chi connectivity index (χ0v) is 10.5. The molecule has 0 bridgehead atoms. The van der Waals surface area contributed by atoms with Gasteiger partial charge in [0, 0.05) is 16.6 Å². The quantitative estimate of drug-likeness (QED) is 0.885. The highest BCUT2D eigenvalue weighted by molar-refractivity contribution is 9.10. The lowest BCUT2D eigenvalue weighted by atomic mass is 10.1. The second kappa shape index (κ2) is 4.66. The minimum Gasteiger partial charge on any atom is -0.326 e. The van der Waals surface area contributed by atoms with Gasteiger partial charge in [0.15, 0.2) is 0 Å². The van der Waals surface area contributed by atoms with E-state index in [0.29, 0.717) is 6.42 Å². The highest BCUT2D eigenvalue weighted by Gasteiger charge is 2.00. The molecule has 0 spiro atoms. The van der Waals surface area contributed by atoms with Gasteiger partial charge in [-0.2, -0.15) is 0 Å². The Hall–Kier alpha value is -1.35. The van der Waals surface area contributed by atoms with Crippen LogP contribution < -0.4 is 5.32 Å². The third-order valence-electron chi connectivity index (χ3n) is 2.41. The van der Waals surface area contributed by atoms with Crippen molar-refractivity contribution >= 4 is 38.3 Å². The highest BCUT2D eigenvalue weighted by Crippen LogP contribution is 2.22. The lowest BCUT2D eigenvalue weighted by molar-refractivity contribution is -0.115. The summed E-state index contributed by atoms with van der Waals surface area (Å²) in [5, 5.41) is 5.13. The van der Waals surface area contributed by atoms with E-state index in [9.17, 15) is 4.79 Å². The molecule has 2 rings (SSSR count). The van der Waals surface area contributed by atoms with E-state index in [1.54, 1.807) is 0 Å². The van der Waals surface area contributed by atoms with Crippen molar-refractivity contribution in [1.29, 1.82) is 0 Å². The van der Waals surface area contributed by atoms with Gasteiger partial charge in [-0.25, -0.2) is 0 Å². The number of rotatable bonds is 2. The maximum atomic E-state index is 11.3. The lowest BCUT2D eigenvalue weighted by Crippen LogP contribution is -2.09. The molecular formula is C13H12BrNO. The summed E-state index contributed by atoms with van der Waals surface area (Å²) < 4.78 is 1.06. The van der Waals surface area contributed by atoms with Gasteiger partial charge >= 0.3 is 0 Å². The van der Waals surface area contributed by atoms with Crippen LogP contribution in [0.25, 0.3) is 10.8 Å². The molecule has 0 saturated carbocycles. The molecule has 0 fully saturated rings. The number of anilines is 1. The third kappa shape index (κ3) is 2.42. The van der Waals surface area contributed by atoms with Crippen molar-refractivity contribution in [1.82, 2.24) is 0 Å². The number of hydrogen-bond donors (Lipinski definition) is 1. The maximum Gasteiger partial charge on any atom is 0.224 e. The number of amides is 1. The van der Waals surface area contributed by atoms with Crippen molar-refractivity contribution < 1.29 is 4.79 Å². The van der Waals surface area contributed by atoms with Crippen LogP contribution >= 0.6 is 15.9 Å². The summed E-state index contributed by atoms with van der Waals surface area (Å²) in [7, 11) is 0. The fraction of sp³-hybridized carbons (Fsp3) is 0.154. The summed E-state index contributed by atoms with van der Waals surface area (Å²) >= 11 is 3.43. The molecular weight excluding hydrogens is 266 g/mol. The topological polar surface area (TPSA) is 29.1 Å². The first-order chi connectivity index (χ1) is 7.69. The number of carbonyl (C=O) groups excluding carboxylic acids is 1. The van der Waals surface area contributed by atoms with Crippen LogP contribution in [0, 0.1) is 0 Å². The SMILES string of the molecule is CCC(=O)Nc1ccc2cc(Br)ccc2c1. The van der Waals surface area contributed by atoms with Crippen molar-refractivity contribution in [2.24, 2.45) is 0 Å². The second-order valence-electron chi connectivity index (χ2n) is 3.61. The highest BCUT2D eigenvalue weighted by atomic mass is 79.9. The van der Waals surface area contributed by atoms with Crippen LogP contribution in [0.1, 0.15) is 13.3 Å². The molecule has 0 saturated heterocycles. The summed E-state index contributed by atoms with van der Waals surface area (Å²) in [5.74, 6) is 0.0384. The molecule has 0 unspecified atom stereocenters. The number of nitrogens with one attached hydrogen (secondary N) is 1. The van der Waals surface area contributed by atoms with Crippen molar-refractivity contribution in [2.75, 3.05) is 5.32 Å². The average Bonchev–Trinajstić information content (AvgIpc) is 2.29. The van der Waals surface area contributed by atoms with Crippen molar-refractivity contribution in [3.63, 3.8) is 0 Å². The number of benzene rings is 2. The van der Waals surface area contributed by atoms with Crippen LogP contribution in [0.15, 0.2) is 40.9 Å². The Morgan fingerprint density at radius 1 is 1.19 bits per heavy atom. The molecule has 0 aromatic heterocycles. The molecule has 0 heterocycles. The first-order valence-corrected chi connectivity index (χ1v) is 5.97. The lowest BCUT2D eigenvalue weighted by Gasteiger charge is -2.05. The zero-order chi connectivity index (χ0) is 11.5. The van der Waals surface area contributed by atoms with E-state index in [1.807, 2.05) is 37.3 Å². The van der Waals surface area contributed by atoms with Crippen LogP contribution in [0.2, 0.25) is 0 Å². The fourth-order valence-corrected chi connectivity index (χ4v) is 1.92. The molecule has 16 heavy (non-hydrogen) atoms. The minimum absolute atomic E-state index is 0.0384. The predicted octanol–water partition coefficient (Wildman–Crippen LogP) is 3.95. The van der Waals surface area contributed by atoms with E-state index in [-0.39, 0.29) is 5.91 Å². The van der Waals surface area contributed by atoms with Gasteiger partial charge < -0.3 is 5.32 Å². The summed E-state index contributed by atoms with van der Waals surface area (Å²) in [6, 6.07) is 12.0. The number of fused-ring (bicyclic) bond motifs is 1. The molecule has 3 heteroatoms. The monoisotopic (exact) mass is 277 g/mol. The molecule has 1 amide bonds. The van der Waals surface area contributed by atoms with E-state index >= 15 is 0 Å². The van der Waals surface area contributed by atoms with Gasteiger partial charge in [-0.05, 0) is 35.0 Å². The van der Waals surface area contributed by atoms with Gasteiger partial charge in [0.1, 0.15) is 0 Å². The summed E-state index contributed by atoms with van der Waals surface area (Å²) in [5.41, 5.74) is 0.849. The van der Waals surface area contributed by atoms with E-state index in [1.165, 1.54) is 0 Å². The Bertz CT molecular complexity index is 536. The van der Waals surface area contributed by atoms with Gasteiger partial charge in [0.25, 0.3) is 0 Å². The molecule has 0 radical (unpaired) electrons. The van der Waals surface area contributed by atoms with Gasteiger partial charge in [-0.15, -0.1) is 0 Å². The Balaban J connectivity index is 2.37. The standard InChI is InChI=1S/C13H12BrNO/c1-2-13(16)15-12-6-4-9-7-11(14)5-3-10(9)8-12/h3-8H,2H2,1H3,(H,15,16). The van der Waals surface area contributed by atoms with Crippen molar-refractivity contribution in [2.45, 2.75) is 13.3 Å². The molecule has 2 nitrogen and oxygen atoms in total. The maximum absolute atomic E-state index is 11.3. The van der Waals surface area contributed by atoms with Gasteiger partial charge in [-0.1, -0.05) is 35.0 Å². The van der Waals surface area contributed by atoms with Crippen LogP contribution in [0.4, 0.5) is 5.69 Å². The van der Waals surface area contributed by atoms with Crippen molar-refractivity contribution in [3.05, 3.63) is 40.9 Å². The summed E-state index contributed by atoms with van der Waals surface area (Å²) in [6.07, 6.45) is 0.498. The Labute approximate surface area is 103 Å². The van der Waals surface area contributed by atoms with Crippen molar-refractivity contribution in [3.8, 4) is 0 Å². The fourth-order valence-electron chi connectivity index (χ4n) is 1.54. The largest absolute Gasteiger partial charge is 0.326 e. The number of carbonyl (C=O) groups is 1. The molecule has 82 valence electrons. The number of halogens is 1. The van der Waals surface area contributed by atoms with E-state index < -0.39 is 0 Å². The van der Waals surface area contributed by atoms with Crippen LogP contribution in [0.5, 0.6) is 0 Å². The molecule has 2 aromatic rings. The second-order valence-corrected chi connectivity index (χ2v) is 4.52. The summed E-state index contributed by atoms with van der Waals surface area (Å²) in [6.45, 7) is 1.84. The van der Waals surface area contributed by atoms with Crippen LogP contribution in [0.3, 0.4) is 0 Å². The Morgan fingerprint density at radius 3 is 2.62 bits per heavy atom. The molecule has 0 aliphatic carbocycles. The zero-order valence-electron chi connectivity index (χ0n) is 8.96. The molecule has 0 aliphatic rings. The van der Waals surface area contributed by atoms with Gasteiger partial charge in [-0.3, -0.25) is 4.79 Å². The minimum atomic E-state index is 0.0384. The van der Waals surface area contributed by atoms with Crippen LogP contribution in [-0.4, -0.2) is 5.91 Å². The van der Waals surface area contributed by atoms with Gasteiger partial charge in [0.05, 0.1) is 0 Å².